The van der Waals surface area contributed by atoms with Crippen LogP contribution in [0.4, 0.5) is 8.78 Å². The van der Waals surface area contributed by atoms with Crippen LogP contribution in [-0.2, 0) is 53.0 Å². The van der Waals surface area contributed by atoms with Gasteiger partial charge in [0.05, 0.1) is 18.4 Å². The van der Waals surface area contributed by atoms with Crippen molar-refractivity contribution in [1.82, 2.24) is 0 Å². The molecule has 6 atom stereocenters. The van der Waals surface area contributed by atoms with Crippen LogP contribution in [0.25, 0.3) is 0 Å². The molecule has 6 saturated carbocycles. The lowest BCUT2D eigenvalue weighted by Crippen LogP contribution is -2.58. The highest BCUT2D eigenvalue weighted by Crippen LogP contribution is 2.60. The molecule has 1 saturated heterocycles. The molecule has 12 nitrogen and oxygen atoms in total. The maximum Gasteiger partial charge on any atom is 0.465 e. The fourth-order valence-corrected chi connectivity index (χ4v) is 9.04. The molecule has 7 fully saturated rings. The van der Waals surface area contributed by atoms with Crippen molar-refractivity contribution in [1.29, 1.82) is 0 Å². The molecule has 0 amide bonds. The van der Waals surface area contributed by atoms with Crippen LogP contribution >= 0.6 is 0 Å². The molecule has 0 aromatic rings. The summed E-state index contributed by atoms with van der Waals surface area (Å²) < 4.78 is 84.3. The quantitative estimate of drug-likeness (QED) is 0.165. The van der Waals surface area contributed by atoms with Crippen LogP contribution in [0.1, 0.15) is 45.4 Å². The third-order valence-corrected chi connectivity index (χ3v) is 11.2. The number of carbonyl (C=O) groups is 4. The van der Waals surface area contributed by atoms with Crippen LogP contribution in [0, 0.1) is 47.3 Å². The highest BCUT2D eigenvalue weighted by molar-refractivity contribution is 7.87. The van der Waals surface area contributed by atoms with Crippen molar-refractivity contribution in [2.45, 2.75) is 68.5 Å². The average Bonchev–Trinajstić information content (AvgIpc) is 3.50. The van der Waals surface area contributed by atoms with Crippen molar-refractivity contribution in [3.63, 3.8) is 0 Å². The first-order valence-electron chi connectivity index (χ1n) is 13.9. The SMILES string of the molecule is CC1(OC(=O)COCCOC(=O)C2C3CC4C(OC(=O)C42)C3OC(=O)C(F)(F)S(=O)(=O)O)C2CC3CC(C2)CC1C3. The Morgan fingerprint density at radius 1 is 1.02 bits per heavy atom. The smallest absolute Gasteiger partial charge is 0.463 e. The zero-order chi connectivity index (χ0) is 29.5. The van der Waals surface area contributed by atoms with Gasteiger partial charge in [-0.25, -0.2) is 9.59 Å². The van der Waals surface area contributed by atoms with E-state index in [0.29, 0.717) is 11.8 Å². The second-order valence-corrected chi connectivity index (χ2v) is 14.0. The van der Waals surface area contributed by atoms with Crippen molar-refractivity contribution in [3.8, 4) is 0 Å². The van der Waals surface area contributed by atoms with E-state index in [-0.39, 0.29) is 26.2 Å². The van der Waals surface area contributed by atoms with Gasteiger partial charge in [-0.15, -0.1) is 0 Å². The van der Waals surface area contributed by atoms with Crippen molar-refractivity contribution in [3.05, 3.63) is 0 Å². The van der Waals surface area contributed by atoms with Gasteiger partial charge in [0.15, 0.2) is 0 Å². The summed E-state index contributed by atoms with van der Waals surface area (Å²) in [6.45, 7) is 1.26. The van der Waals surface area contributed by atoms with Gasteiger partial charge in [0.2, 0.25) is 0 Å². The van der Waals surface area contributed by atoms with Gasteiger partial charge >= 0.3 is 39.2 Å². The summed E-state index contributed by atoms with van der Waals surface area (Å²) in [5, 5.41) is -5.24. The van der Waals surface area contributed by atoms with E-state index in [1.807, 2.05) is 6.92 Å². The molecule has 0 spiro atoms. The number of alkyl halides is 2. The van der Waals surface area contributed by atoms with Gasteiger partial charge in [0.25, 0.3) is 0 Å². The Balaban J connectivity index is 0.988. The molecule has 6 aliphatic carbocycles. The number of fused-ring (bicyclic) bond motifs is 1. The minimum Gasteiger partial charge on any atom is -0.463 e. The Morgan fingerprint density at radius 2 is 1.66 bits per heavy atom. The normalized spacial score (nSPS) is 41.8. The minimum atomic E-state index is -6.11. The van der Waals surface area contributed by atoms with E-state index in [4.69, 9.17) is 23.5 Å². The lowest BCUT2D eigenvalue weighted by Gasteiger charge is -2.59. The Hall–Kier alpha value is -2.39. The summed E-state index contributed by atoms with van der Waals surface area (Å²) in [6, 6.07) is 0. The molecule has 0 aromatic heterocycles. The number of rotatable bonds is 10. The zero-order valence-corrected chi connectivity index (χ0v) is 23.1. The summed E-state index contributed by atoms with van der Waals surface area (Å²) >= 11 is 0. The summed E-state index contributed by atoms with van der Waals surface area (Å²) in [5.41, 5.74) is -0.499. The molecule has 7 rings (SSSR count). The van der Waals surface area contributed by atoms with Gasteiger partial charge in [-0.1, -0.05) is 0 Å². The van der Waals surface area contributed by atoms with E-state index in [0.717, 1.165) is 37.5 Å². The number of hydrogen-bond acceptors (Lipinski definition) is 11. The molecule has 6 unspecified atom stereocenters. The lowest BCUT2D eigenvalue weighted by molar-refractivity contribution is -0.206. The summed E-state index contributed by atoms with van der Waals surface area (Å²) in [5.74, 6) is -6.16. The monoisotopic (exact) mass is 606 g/mol. The van der Waals surface area contributed by atoms with Crippen LogP contribution in [0.3, 0.4) is 0 Å². The van der Waals surface area contributed by atoms with Crippen molar-refractivity contribution >= 4 is 34.0 Å². The molecule has 41 heavy (non-hydrogen) atoms. The van der Waals surface area contributed by atoms with Crippen LogP contribution in [0.2, 0.25) is 0 Å². The number of halogens is 2. The Labute approximate surface area is 234 Å². The number of hydrogen-bond donors (Lipinski definition) is 1. The van der Waals surface area contributed by atoms with Gasteiger partial charge < -0.3 is 23.7 Å². The second-order valence-electron chi connectivity index (χ2n) is 12.6. The summed E-state index contributed by atoms with van der Waals surface area (Å²) in [6.07, 6.45) is 3.08. The summed E-state index contributed by atoms with van der Waals surface area (Å²) in [4.78, 5) is 49.7. The fraction of sp³-hybridized carbons (Fsp3) is 0.846. The highest BCUT2D eigenvalue weighted by atomic mass is 32.2. The molecule has 6 bridgehead atoms. The number of ether oxygens (including phenoxy) is 5. The average molecular weight is 607 g/mol. The van der Waals surface area contributed by atoms with E-state index in [2.05, 4.69) is 4.74 Å². The third kappa shape index (κ3) is 4.62. The van der Waals surface area contributed by atoms with Crippen LogP contribution in [0.5, 0.6) is 0 Å². The fourth-order valence-electron chi connectivity index (χ4n) is 8.78. The topological polar surface area (TPSA) is 169 Å². The van der Waals surface area contributed by atoms with E-state index in [1.165, 1.54) is 6.42 Å². The second kappa shape index (κ2) is 9.83. The van der Waals surface area contributed by atoms with Crippen molar-refractivity contribution < 1.29 is 64.6 Å². The van der Waals surface area contributed by atoms with Gasteiger partial charge in [0, 0.05) is 11.8 Å². The standard InChI is InChI=1S/C26H32F2O12S/c1-25(13-5-11-4-12(7-13)8-14(25)6-11)40-17(29)10-36-2-3-37-22(30)18-15-9-16-19(18)23(31)38-20(16)21(15)39-24(32)26(27,28)41(33,34)35/h11-16,18-21H,2-10H2,1H3,(H,33,34,35). The predicted octanol–water partition coefficient (Wildman–Crippen LogP) is 1.50. The molecule has 15 heteroatoms. The molecule has 1 heterocycles. The van der Waals surface area contributed by atoms with Gasteiger partial charge in [-0.3, -0.25) is 14.1 Å². The molecular formula is C26H32F2O12S. The van der Waals surface area contributed by atoms with Crippen LogP contribution in [-0.4, -0.2) is 79.7 Å². The Kier molecular flexibility index (Phi) is 6.89. The molecular weight excluding hydrogens is 574 g/mol. The lowest BCUT2D eigenvalue weighted by atomic mass is 9.50. The maximum atomic E-state index is 13.8. The van der Waals surface area contributed by atoms with E-state index in [1.54, 1.807) is 0 Å². The first-order valence-corrected chi connectivity index (χ1v) is 15.4. The van der Waals surface area contributed by atoms with Crippen LogP contribution in [0.15, 0.2) is 0 Å². The van der Waals surface area contributed by atoms with Crippen molar-refractivity contribution in [2.75, 3.05) is 19.8 Å². The molecule has 0 aromatic carbocycles. The van der Waals surface area contributed by atoms with E-state index < -0.39 is 80.7 Å². The van der Waals surface area contributed by atoms with Crippen LogP contribution < -0.4 is 0 Å². The van der Waals surface area contributed by atoms with Crippen molar-refractivity contribution in [2.24, 2.45) is 47.3 Å². The van der Waals surface area contributed by atoms with Gasteiger partial charge in [-0.2, -0.15) is 17.2 Å². The zero-order valence-electron chi connectivity index (χ0n) is 22.2. The molecule has 228 valence electrons. The predicted molar refractivity (Wildman–Crippen MR) is 128 cm³/mol. The molecule has 1 N–H and O–H groups in total. The summed E-state index contributed by atoms with van der Waals surface area (Å²) in [7, 11) is -6.11. The maximum absolute atomic E-state index is 13.8. The van der Waals surface area contributed by atoms with Gasteiger partial charge in [0.1, 0.15) is 31.0 Å². The Morgan fingerprint density at radius 3 is 2.27 bits per heavy atom. The third-order valence-electron chi connectivity index (χ3n) is 10.4. The first kappa shape index (κ1) is 28.7. The molecule has 0 radical (unpaired) electrons. The molecule has 1 aliphatic heterocycles. The van der Waals surface area contributed by atoms with E-state index in [9.17, 15) is 36.4 Å². The molecule has 7 aliphatic rings. The van der Waals surface area contributed by atoms with Gasteiger partial charge in [-0.05, 0) is 69.1 Å². The largest absolute Gasteiger partial charge is 0.465 e. The highest BCUT2D eigenvalue weighted by Gasteiger charge is 2.71. The number of esters is 4. The Bertz CT molecular complexity index is 1220. The number of carbonyl (C=O) groups excluding carboxylic acids is 4. The first-order chi connectivity index (χ1) is 19.2. The van der Waals surface area contributed by atoms with E-state index >= 15 is 0 Å². The minimum absolute atomic E-state index is 0.126.